The summed E-state index contributed by atoms with van der Waals surface area (Å²) in [7, 11) is 0. The molecule has 0 aliphatic heterocycles. The van der Waals surface area contributed by atoms with Crippen LogP contribution in [0.4, 0.5) is 0 Å². The Morgan fingerprint density at radius 3 is 2.94 bits per heavy atom. The predicted molar refractivity (Wildman–Crippen MR) is 67.6 cm³/mol. The van der Waals surface area contributed by atoms with Crippen molar-refractivity contribution in [3.05, 3.63) is 41.7 Å². The monoisotopic (exact) mass is 234 g/mol. The van der Waals surface area contributed by atoms with Gasteiger partial charge in [-0.1, -0.05) is 37.1 Å². The van der Waals surface area contributed by atoms with Gasteiger partial charge in [-0.2, -0.15) is 5.10 Å². The molecule has 84 valence electrons. The van der Waals surface area contributed by atoms with Crippen LogP contribution in [0.15, 0.2) is 36.7 Å². The lowest BCUT2D eigenvalue weighted by Gasteiger charge is -1.98. The van der Waals surface area contributed by atoms with Gasteiger partial charge < -0.3 is 0 Å². The first-order chi connectivity index (χ1) is 7.79. The summed E-state index contributed by atoms with van der Waals surface area (Å²) >= 11 is 5.96. The molecule has 0 amide bonds. The lowest BCUT2D eigenvalue weighted by atomic mass is 10.1. The molecule has 2 aromatic rings. The number of benzene rings is 1. The van der Waals surface area contributed by atoms with Crippen molar-refractivity contribution in [2.24, 2.45) is 0 Å². The van der Waals surface area contributed by atoms with Crippen LogP contribution in [0.3, 0.4) is 0 Å². The summed E-state index contributed by atoms with van der Waals surface area (Å²) in [6, 6.07) is 7.85. The highest BCUT2D eigenvalue weighted by molar-refractivity contribution is 6.30. The Bertz CT molecular complexity index is 462. The van der Waals surface area contributed by atoms with Gasteiger partial charge in [-0.05, 0) is 24.1 Å². The highest BCUT2D eigenvalue weighted by Crippen LogP contribution is 2.21. The van der Waals surface area contributed by atoms with E-state index in [0.29, 0.717) is 0 Å². The van der Waals surface area contributed by atoms with Gasteiger partial charge in [0.15, 0.2) is 0 Å². The second kappa shape index (κ2) is 5.17. The Balaban J connectivity index is 2.18. The molecule has 0 radical (unpaired) electrons. The number of halogens is 1. The van der Waals surface area contributed by atoms with E-state index in [0.717, 1.165) is 29.1 Å². The van der Waals surface area contributed by atoms with E-state index < -0.39 is 0 Å². The minimum Gasteiger partial charge on any atom is -0.272 e. The van der Waals surface area contributed by atoms with Gasteiger partial charge in [0, 0.05) is 23.3 Å². The van der Waals surface area contributed by atoms with Crippen molar-refractivity contribution in [3.63, 3.8) is 0 Å². The fourth-order valence-electron chi connectivity index (χ4n) is 1.62. The molecule has 1 heterocycles. The number of rotatable bonds is 4. The molecule has 2 rings (SSSR count). The van der Waals surface area contributed by atoms with Crippen LogP contribution in [-0.4, -0.2) is 9.78 Å². The lowest BCUT2D eigenvalue weighted by Crippen LogP contribution is -1.96. The normalized spacial score (nSPS) is 10.6. The Morgan fingerprint density at radius 2 is 2.19 bits per heavy atom. The third kappa shape index (κ3) is 2.64. The largest absolute Gasteiger partial charge is 0.272 e. The lowest BCUT2D eigenvalue weighted by molar-refractivity contribution is 0.572. The minimum absolute atomic E-state index is 0.763. The molecule has 0 saturated carbocycles. The van der Waals surface area contributed by atoms with Gasteiger partial charge in [0.05, 0.1) is 6.20 Å². The molecule has 1 aromatic heterocycles. The van der Waals surface area contributed by atoms with Gasteiger partial charge in [0.2, 0.25) is 0 Å². The van der Waals surface area contributed by atoms with E-state index in [2.05, 4.69) is 18.2 Å². The van der Waals surface area contributed by atoms with Gasteiger partial charge >= 0.3 is 0 Å². The fourth-order valence-corrected chi connectivity index (χ4v) is 1.81. The van der Waals surface area contributed by atoms with Crippen molar-refractivity contribution in [2.75, 3.05) is 0 Å². The Hall–Kier alpha value is -1.28. The average molecular weight is 235 g/mol. The molecule has 3 heteroatoms. The van der Waals surface area contributed by atoms with E-state index >= 15 is 0 Å². The van der Waals surface area contributed by atoms with Crippen molar-refractivity contribution in [1.29, 1.82) is 0 Å². The summed E-state index contributed by atoms with van der Waals surface area (Å²) in [5.74, 6) is 0. The van der Waals surface area contributed by atoms with Crippen LogP contribution in [-0.2, 0) is 6.54 Å². The molecule has 1 aromatic carbocycles. The second-order valence-electron chi connectivity index (χ2n) is 3.86. The fraction of sp³-hybridized carbons (Fsp3) is 0.308. The number of aromatic nitrogens is 2. The molecule has 0 saturated heterocycles. The predicted octanol–water partition coefficient (Wildman–Crippen LogP) is 4.00. The molecule has 0 bridgehead atoms. The second-order valence-corrected chi connectivity index (χ2v) is 4.29. The SMILES string of the molecule is CCCCn1cc(-c2cccc(Cl)c2)cn1. The van der Waals surface area contributed by atoms with Crippen molar-refractivity contribution in [3.8, 4) is 11.1 Å². The number of hydrogen-bond acceptors (Lipinski definition) is 1. The molecule has 0 N–H and O–H groups in total. The molecule has 0 unspecified atom stereocenters. The Labute approximate surface area is 101 Å². The maximum absolute atomic E-state index is 5.96. The van der Waals surface area contributed by atoms with Crippen LogP contribution in [0.5, 0.6) is 0 Å². The topological polar surface area (TPSA) is 17.8 Å². The van der Waals surface area contributed by atoms with E-state index in [1.165, 1.54) is 6.42 Å². The third-order valence-electron chi connectivity index (χ3n) is 2.53. The van der Waals surface area contributed by atoms with E-state index in [1.54, 1.807) is 0 Å². The van der Waals surface area contributed by atoms with E-state index in [1.807, 2.05) is 35.1 Å². The average Bonchev–Trinajstić information content (AvgIpc) is 2.75. The van der Waals surface area contributed by atoms with Crippen molar-refractivity contribution in [1.82, 2.24) is 9.78 Å². The summed E-state index contributed by atoms with van der Waals surface area (Å²) in [6.45, 7) is 3.17. The first-order valence-corrected chi connectivity index (χ1v) is 5.96. The van der Waals surface area contributed by atoms with Crippen LogP contribution in [0.1, 0.15) is 19.8 Å². The number of unbranched alkanes of at least 4 members (excludes halogenated alkanes) is 1. The maximum atomic E-state index is 5.96. The van der Waals surface area contributed by atoms with Crippen LogP contribution in [0.2, 0.25) is 5.02 Å². The van der Waals surface area contributed by atoms with Crippen LogP contribution >= 0.6 is 11.6 Å². The van der Waals surface area contributed by atoms with Crippen LogP contribution in [0, 0.1) is 0 Å². The molecular formula is C13H15ClN2. The molecule has 0 spiro atoms. The van der Waals surface area contributed by atoms with Gasteiger partial charge in [-0.15, -0.1) is 0 Å². The summed E-state index contributed by atoms with van der Waals surface area (Å²) in [5.41, 5.74) is 2.24. The summed E-state index contributed by atoms with van der Waals surface area (Å²) < 4.78 is 1.99. The summed E-state index contributed by atoms with van der Waals surface area (Å²) in [4.78, 5) is 0. The summed E-state index contributed by atoms with van der Waals surface area (Å²) in [5, 5.41) is 5.10. The van der Waals surface area contributed by atoms with Crippen molar-refractivity contribution >= 4 is 11.6 Å². The number of aryl methyl sites for hydroxylation is 1. The van der Waals surface area contributed by atoms with Crippen molar-refractivity contribution < 1.29 is 0 Å². The minimum atomic E-state index is 0.763. The maximum Gasteiger partial charge on any atom is 0.0568 e. The van der Waals surface area contributed by atoms with Crippen molar-refractivity contribution in [2.45, 2.75) is 26.3 Å². The smallest absolute Gasteiger partial charge is 0.0568 e. The van der Waals surface area contributed by atoms with Crippen LogP contribution in [0.25, 0.3) is 11.1 Å². The van der Waals surface area contributed by atoms with E-state index in [9.17, 15) is 0 Å². The molecule has 0 fully saturated rings. The quantitative estimate of drug-likeness (QED) is 0.782. The zero-order valence-corrected chi connectivity index (χ0v) is 10.1. The zero-order valence-electron chi connectivity index (χ0n) is 9.36. The summed E-state index contributed by atoms with van der Waals surface area (Å²) in [6.07, 6.45) is 6.31. The highest BCUT2D eigenvalue weighted by Gasteiger charge is 2.01. The first-order valence-electron chi connectivity index (χ1n) is 5.58. The molecular weight excluding hydrogens is 220 g/mol. The Morgan fingerprint density at radius 1 is 1.31 bits per heavy atom. The zero-order chi connectivity index (χ0) is 11.4. The molecule has 0 aliphatic carbocycles. The Kier molecular flexibility index (Phi) is 3.62. The molecule has 0 atom stereocenters. The van der Waals surface area contributed by atoms with Crippen LogP contribution < -0.4 is 0 Å². The molecule has 0 aliphatic rings. The standard InChI is InChI=1S/C13H15ClN2/c1-2-3-7-16-10-12(9-15-16)11-5-4-6-13(14)8-11/h4-6,8-10H,2-3,7H2,1H3. The first kappa shape index (κ1) is 11.2. The van der Waals surface area contributed by atoms with Gasteiger partial charge in [0.1, 0.15) is 0 Å². The van der Waals surface area contributed by atoms with Gasteiger partial charge in [0.25, 0.3) is 0 Å². The van der Waals surface area contributed by atoms with E-state index in [-0.39, 0.29) is 0 Å². The molecule has 16 heavy (non-hydrogen) atoms. The number of nitrogens with zero attached hydrogens (tertiary/aromatic N) is 2. The van der Waals surface area contributed by atoms with Gasteiger partial charge in [-0.3, -0.25) is 4.68 Å². The third-order valence-corrected chi connectivity index (χ3v) is 2.77. The number of hydrogen-bond donors (Lipinski definition) is 0. The molecule has 2 nitrogen and oxygen atoms in total. The highest BCUT2D eigenvalue weighted by atomic mass is 35.5. The van der Waals surface area contributed by atoms with Gasteiger partial charge in [-0.25, -0.2) is 0 Å². The van der Waals surface area contributed by atoms with E-state index in [4.69, 9.17) is 11.6 Å².